The number of carbonyl (C=O) groups excluding carboxylic acids is 2. The predicted molar refractivity (Wildman–Crippen MR) is 101 cm³/mol. The van der Waals surface area contributed by atoms with Crippen LogP contribution in [-0.4, -0.2) is 21.8 Å². The molecule has 0 aliphatic heterocycles. The van der Waals surface area contributed by atoms with Crippen molar-refractivity contribution in [1.29, 1.82) is 0 Å². The first-order chi connectivity index (χ1) is 13.5. The smallest absolute Gasteiger partial charge is 0.366 e. The van der Waals surface area contributed by atoms with E-state index in [1.54, 1.807) is 13.8 Å². The van der Waals surface area contributed by atoms with Crippen LogP contribution in [0.15, 0.2) is 42.6 Å². The lowest BCUT2D eigenvalue weighted by molar-refractivity contribution is -0.137. The zero-order valence-electron chi connectivity index (χ0n) is 15.5. The first-order valence-electron chi connectivity index (χ1n) is 8.50. The van der Waals surface area contributed by atoms with E-state index in [0.717, 1.165) is 12.1 Å². The summed E-state index contributed by atoms with van der Waals surface area (Å²) in [5, 5.41) is 2.44. The molecule has 0 radical (unpaired) electrons. The highest BCUT2D eigenvalue weighted by Gasteiger charge is 2.31. The second kappa shape index (κ2) is 7.42. The maximum Gasteiger partial charge on any atom is 0.416 e. The van der Waals surface area contributed by atoms with Gasteiger partial charge in [0.15, 0.2) is 0 Å². The number of nitrogens with zero attached hydrogens (tertiary/aromatic N) is 1. The average molecular weight is 402 g/mol. The topological polar surface area (TPSA) is 101 Å². The summed E-state index contributed by atoms with van der Waals surface area (Å²) < 4.78 is 40.0. The van der Waals surface area contributed by atoms with Gasteiger partial charge in [-0.15, -0.1) is 0 Å². The van der Waals surface area contributed by atoms with Gasteiger partial charge in [-0.2, -0.15) is 13.2 Å². The number of imidazole rings is 1. The number of aryl methyl sites for hydroxylation is 2. The second-order valence-electron chi connectivity index (χ2n) is 6.56. The molecule has 0 spiro atoms. The number of primary amides is 1. The summed E-state index contributed by atoms with van der Waals surface area (Å²) in [4.78, 5) is 30.9. The van der Waals surface area contributed by atoms with Crippen LogP contribution < -0.4 is 11.1 Å². The van der Waals surface area contributed by atoms with E-state index in [4.69, 9.17) is 5.73 Å². The third kappa shape index (κ3) is 4.45. The molecular weight excluding hydrogens is 385 g/mol. The lowest BCUT2D eigenvalue weighted by atomic mass is 10.0. The number of anilines is 1. The van der Waals surface area contributed by atoms with Crippen molar-refractivity contribution in [2.45, 2.75) is 20.0 Å². The molecule has 0 saturated carbocycles. The highest BCUT2D eigenvalue weighted by Crippen LogP contribution is 2.34. The fourth-order valence-corrected chi connectivity index (χ4v) is 2.79. The average Bonchev–Trinajstić information content (AvgIpc) is 3.07. The molecule has 0 atom stereocenters. The maximum atomic E-state index is 13.3. The first-order valence-corrected chi connectivity index (χ1v) is 8.50. The van der Waals surface area contributed by atoms with E-state index in [1.165, 1.54) is 30.5 Å². The molecule has 1 aromatic heterocycles. The van der Waals surface area contributed by atoms with Crippen LogP contribution in [0.3, 0.4) is 0 Å². The largest absolute Gasteiger partial charge is 0.416 e. The van der Waals surface area contributed by atoms with E-state index in [9.17, 15) is 22.8 Å². The van der Waals surface area contributed by atoms with Crippen LogP contribution in [0.5, 0.6) is 0 Å². The Kier molecular flexibility index (Phi) is 5.15. The van der Waals surface area contributed by atoms with Gasteiger partial charge in [0.25, 0.3) is 5.91 Å². The molecule has 0 aliphatic rings. The Hall–Kier alpha value is -3.62. The van der Waals surface area contributed by atoms with E-state index in [-0.39, 0.29) is 28.2 Å². The van der Waals surface area contributed by atoms with Crippen molar-refractivity contribution in [3.63, 3.8) is 0 Å². The lowest BCUT2D eigenvalue weighted by Crippen LogP contribution is -2.17. The molecule has 3 aromatic rings. The molecule has 0 bridgehead atoms. The minimum absolute atomic E-state index is 0.0601. The Bertz CT molecular complexity index is 1100. The maximum absolute atomic E-state index is 13.3. The van der Waals surface area contributed by atoms with Crippen LogP contribution in [0.1, 0.15) is 37.5 Å². The van der Waals surface area contributed by atoms with Crippen molar-refractivity contribution in [3.05, 3.63) is 70.5 Å². The number of H-pyrrole nitrogens is 1. The molecule has 0 saturated heterocycles. The van der Waals surface area contributed by atoms with Crippen molar-refractivity contribution in [2.75, 3.05) is 5.32 Å². The van der Waals surface area contributed by atoms with E-state index in [2.05, 4.69) is 15.3 Å². The zero-order valence-corrected chi connectivity index (χ0v) is 15.5. The molecule has 150 valence electrons. The van der Waals surface area contributed by atoms with Gasteiger partial charge >= 0.3 is 6.18 Å². The van der Waals surface area contributed by atoms with Gasteiger partial charge in [-0.05, 0) is 49.7 Å². The van der Waals surface area contributed by atoms with Gasteiger partial charge in [0.05, 0.1) is 5.56 Å². The van der Waals surface area contributed by atoms with Gasteiger partial charge in [-0.25, -0.2) is 4.98 Å². The molecule has 0 unspecified atom stereocenters. The minimum atomic E-state index is -4.61. The summed E-state index contributed by atoms with van der Waals surface area (Å²) in [7, 11) is 0. The molecule has 3 rings (SSSR count). The predicted octanol–water partition coefficient (Wildman–Crippen LogP) is 4.06. The van der Waals surface area contributed by atoms with Crippen LogP contribution in [-0.2, 0) is 6.18 Å². The Balaban J connectivity index is 1.99. The SMILES string of the molecule is Cc1cnc(-c2cc(NC(=O)c3ccc(C)c(C(N)=O)c3)cc(C(F)(F)F)c2)[nH]1. The lowest BCUT2D eigenvalue weighted by Gasteiger charge is -2.13. The number of aromatic nitrogens is 2. The molecule has 6 nitrogen and oxygen atoms in total. The van der Waals surface area contributed by atoms with Crippen LogP contribution >= 0.6 is 0 Å². The van der Waals surface area contributed by atoms with Gasteiger partial charge in [-0.3, -0.25) is 9.59 Å². The summed E-state index contributed by atoms with van der Waals surface area (Å²) in [6.45, 7) is 3.38. The standard InChI is InChI=1S/C20H17F3N4O2/c1-10-3-4-12(7-16(10)17(24)28)19(29)27-15-6-13(18-25-9-11(2)26-18)5-14(8-15)20(21,22)23/h3-9H,1-2H3,(H2,24,28)(H,25,26)(H,27,29). The fourth-order valence-electron chi connectivity index (χ4n) is 2.79. The van der Waals surface area contributed by atoms with Gasteiger partial charge in [0.1, 0.15) is 5.82 Å². The van der Waals surface area contributed by atoms with Crippen LogP contribution in [0.25, 0.3) is 11.4 Å². The van der Waals surface area contributed by atoms with E-state index in [1.807, 2.05) is 0 Å². The molecule has 2 aromatic carbocycles. The van der Waals surface area contributed by atoms with E-state index >= 15 is 0 Å². The Labute approximate surface area is 164 Å². The number of nitrogens with two attached hydrogens (primary N) is 1. The third-order valence-electron chi connectivity index (χ3n) is 4.26. The normalized spacial score (nSPS) is 11.3. The van der Waals surface area contributed by atoms with Gasteiger partial charge < -0.3 is 16.0 Å². The van der Waals surface area contributed by atoms with Gasteiger partial charge in [0.2, 0.25) is 5.91 Å². The van der Waals surface area contributed by atoms with Crippen molar-refractivity contribution in [3.8, 4) is 11.4 Å². The number of carbonyl (C=O) groups is 2. The number of benzene rings is 2. The highest BCUT2D eigenvalue weighted by atomic mass is 19.4. The minimum Gasteiger partial charge on any atom is -0.366 e. The number of hydrogen-bond acceptors (Lipinski definition) is 3. The van der Waals surface area contributed by atoms with Gasteiger partial charge in [0, 0.05) is 34.3 Å². The van der Waals surface area contributed by atoms with Crippen molar-refractivity contribution >= 4 is 17.5 Å². The number of amides is 2. The van der Waals surface area contributed by atoms with Gasteiger partial charge in [-0.1, -0.05) is 6.07 Å². The van der Waals surface area contributed by atoms with Crippen molar-refractivity contribution in [2.24, 2.45) is 5.73 Å². The monoisotopic (exact) mass is 402 g/mol. The third-order valence-corrected chi connectivity index (χ3v) is 4.26. The molecule has 2 amide bonds. The molecule has 4 N–H and O–H groups in total. The number of alkyl halides is 3. The molecular formula is C20H17F3N4O2. The quantitative estimate of drug-likeness (QED) is 0.613. The second-order valence-corrected chi connectivity index (χ2v) is 6.56. The summed E-state index contributed by atoms with van der Waals surface area (Å²) in [6, 6.07) is 7.47. The number of aromatic amines is 1. The van der Waals surface area contributed by atoms with Crippen molar-refractivity contribution in [1.82, 2.24) is 9.97 Å². The Morgan fingerprint density at radius 2 is 1.83 bits per heavy atom. The molecule has 1 heterocycles. The van der Waals surface area contributed by atoms with Crippen LogP contribution in [0.2, 0.25) is 0 Å². The number of nitrogens with one attached hydrogen (secondary N) is 2. The zero-order chi connectivity index (χ0) is 21.3. The fraction of sp³-hybridized carbons (Fsp3) is 0.150. The van der Waals surface area contributed by atoms with E-state index < -0.39 is 23.6 Å². The molecule has 0 aliphatic carbocycles. The summed E-state index contributed by atoms with van der Waals surface area (Å²) >= 11 is 0. The number of hydrogen-bond donors (Lipinski definition) is 3. The Morgan fingerprint density at radius 1 is 1.10 bits per heavy atom. The summed E-state index contributed by atoms with van der Waals surface area (Å²) in [5.41, 5.74) is 5.99. The van der Waals surface area contributed by atoms with E-state index in [0.29, 0.717) is 11.3 Å². The van der Waals surface area contributed by atoms with Crippen molar-refractivity contribution < 1.29 is 22.8 Å². The summed E-state index contributed by atoms with van der Waals surface area (Å²) in [5.74, 6) is -1.13. The molecule has 29 heavy (non-hydrogen) atoms. The summed E-state index contributed by atoms with van der Waals surface area (Å²) in [6.07, 6.45) is -3.12. The number of halogens is 3. The molecule has 9 heteroatoms. The number of rotatable bonds is 4. The molecule has 0 fully saturated rings. The highest BCUT2D eigenvalue weighted by molar-refractivity contribution is 6.06. The van der Waals surface area contributed by atoms with Crippen LogP contribution in [0.4, 0.5) is 18.9 Å². The Morgan fingerprint density at radius 3 is 2.41 bits per heavy atom. The first kappa shape index (κ1) is 20.1. The van der Waals surface area contributed by atoms with Crippen LogP contribution in [0, 0.1) is 13.8 Å².